The topological polar surface area (TPSA) is 55.4 Å². The second kappa shape index (κ2) is 13.7. The van der Waals surface area contributed by atoms with Gasteiger partial charge in [0.25, 0.3) is 5.91 Å². The second-order valence-electron chi connectivity index (χ2n) is 5.46. The fraction of sp³-hybridized carbons (Fsp3) is 0.765. The Balaban J connectivity index is 3.66. The van der Waals surface area contributed by atoms with E-state index in [2.05, 4.69) is 23.8 Å². The van der Waals surface area contributed by atoms with Crippen molar-refractivity contribution in [2.45, 2.75) is 78.1 Å². The first kappa shape index (κ1) is 19.7. The van der Waals surface area contributed by atoms with E-state index in [-0.39, 0.29) is 11.8 Å². The summed E-state index contributed by atoms with van der Waals surface area (Å²) in [7, 11) is 0. The summed E-state index contributed by atoms with van der Waals surface area (Å²) in [6.07, 6.45) is 12.7. The number of nitrogens with one attached hydrogen (secondary N) is 1. The van der Waals surface area contributed by atoms with Gasteiger partial charge in [0.15, 0.2) is 0 Å². The van der Waals surface area contributed by atoms with Crippen molar-refractivity contribution in [3.05, 3.63) is 12.7 Å². The maximum atomic E-state index is 11.8. The van der Waals surface area contributed by atoms with E-state index in [1.165, 1.54) is 44.9 Å². The zero-order valence-corrected chi connectivity index (χ0v) is 13.7. The summed E-state index contributed by atoms with van der Waals surface area (Å²) in [6, 6.07) is 0. The maximum absolute atomic E-state index is 11.8. The lowest BCUT2D eigenvalue weighted by Crippen LogP contribution is -2.32. The summed E-state index contributed by atoms with van der Waals surface area (Å²) in [5.74, 6) is -0.927. The molecule has 1 N–H and O–H groups in total. The van der Waals surface area contributed by atoms with Gasteiger partial charge in [0.05, 0.1) is 0 Å². The van der Waals surface area contributed by atoms with Crippen LogP contribution in [0.1, 0.15) is 78.1 Å². The van der Waals surface area contributed by atoms with Crippen LogP contribution in [0.4, 0.5) is 0 Å². The average Bonchev–Trinajstić information content (AvgIpc) is 2.50. The zero-order chi connectivity index (χ0) is 15.9. The molecule has 4 nitrogen and oxygen atoms in total. The Bertz CT molecular complexity index is 302. The molecule has 0 aromatic carbocycles. The molecule has 122 valence electrons. The highest BCUT2D eigenvalue weighted by atomic mass is 16.7. The van der Waals surface area contributed by atoms with Gasteiger partial charge in [0, 0.05) is 12.0 Å². The summed E-state index contributed by atoms with van der Waals surface area (Å²) in [6.45, 7) is 7.48. The molecule has 1 atom stereocenters. The fourth-order valence-electron chi connectivity index (χ4n) is 2.27. The molecule has 0 aromatic heterocycles. The minimum absolute atomic E-state index is 0.0808. The van der Waals surface area contributed by atoms with E-state index in [0.717, 1.165) is 25.3 Å². The molecular formula is C17H31NO3. The summed E-state index contributed by atoms with van der Waals surface area (Å²) in [5, 5.41) is 0. The number of hydroxylamine groups is 1. The van der Waals surface area contributed by atoms with Crippen molar-refractivity contribution in [2.75, 3.05) is 0 Å². The van der Waals surface area contributed by atoms with E-state index < -0.39 is 5.97 Å². The number of hydrogen-bond donors (Lipinski definition) is 1. The highest BCUT2D eigenvalue weighted by Crippen LogP contribution is 2.15. The quantitative estimate of drug-likeness (QED) is 0.332. The number of amides is 1. The minimum Gasteiger partial charge on any atom is -0.336 e. The molecule has 0 saturated carbocycles. The Morgan fingerprint density at radius 1 is 1.05 bits per heavy atom. The predicted octanol–water partition coefficient (Wildman–Crippen LogP) is 4.30. The van der Waals surface area contributed by atoms with Crippen molar-refractivity contribution in [1.29, 1.82) is 0 Å². The molecule has 0 aliphatic heterocycles. The Hall–Kier alpha value is -1.32. The molecule has 0 heterocycles. The van der Waals surface area contributed by atoms with E-state index in [4.69, 9.17) is 0 Å². The van der Waals surface area contributed by atoms with E-state index in [9.17, 15) is 9.59 Å². The van der Waals surface area contributed by atoms with Crippen molar-refractivity contribution < 1.29 is 14.4 Å². The van der Waals surface area contributed by atoms with Crippen LogP contribution in [0.5, 0.6) is 0 Å². The molecule has 1 amide bonds. The molecule has 21 heavy (non-hydrogen) atoms. The third-order valence-corrected chi connectivity index (χ3v) is 3.69. The van der Waals surface area contributed by atoms with Gasteiger partial charge in [-0.1, -0.05) is 71.8 Å². The van der Waals surface area contributed by atoms with E-state index in [0.29, 0.717) is 0 Å². The molecule has 1 unspecified atom stereocenters. The smallest absolute Gasteiger partial charge is 0.336 e. The molecule has 0 rings (SSSR count). The van der Waals surface area contributed by atoms with Crippen molar-refractivity contribution in [1.82, 2.24) is 5.48 Å². The van der Waals surface area contributed by atoms with E-state index in [1.54, 1.807) is 0 Å². The summed E-state index contributed by atoms with van der Waals surface area (Å²) in [4.78, 5) is 27.3. The van der Waals surface area contributed by atoms with Crippen LogP contribution in [-0.4, -0.2) is 11.9 Å². The largest absolute Gasteiger partial charge is 0.355 e. The monoisotopic (exact) mass is 297 g/mol. The molecule has 0 radical (unpaired) electrons. The van der Waals surface area contributed by atoms with Gasteiger partial charge in [-0.2, -0.15) is 5.48 Å². The summed E-state index contributed by atoms with van der Waals surface area (Å²) >= 11 is 0. The first-order valence-corrected chi connectivity index (χ1v) is 8.28. The third kappa shape index (κ3) is 11.1. The van der Waals surface area contributed by atoms with Gasteiger partial charge < -0.3 is 4.84 Å². The molecule has 0 aliphatic carbocycles. The van der Waals surface area contributed by atoms with Gasteiger partial charge in [0.1, 0.15) is 0 Å². The first-order chi connectivity index (χ1) is 10.2. The van der Waals surface area contributed by atoms with Crippen LogP contribution in [0.2, 0.25) is 0 Å². The highest BCUT2D eigenvalue weighted by Gasteiger charge is 2.16. The van der Waals surface area contributed by atoms with Gasteiger partial charge in [0.2, 0.25) is 0 Å². The van der Waals surface area contributed by atoms with Crippen LogP contribution in [0.3, 0.4) is 0 Å². The minimum atomic E-state index is -0.634. The molecule has 0 bridgehead atoms. The molecule has 0 aromatic rings. The second-order valence-corrected chi connectivity index (χ2v) is 5.46. The number of carbonyl (C=O) groups excluding carboxylic acids is 2. The standard InChI is InChI=1S/C17H31NO3/c1-4-7-8-9-10-11-12-13-14-15(5-2)17(20)18-21-16(19)6-3/h6,15H,3-5,7-14H2,1-2H3,(H,18,20). The first-order valence-electron chi connectivity index (χ1n) is 8.28. The van der Waals surface area contributed by atoms with Crippen molar-refractivity contribution in [3.8, 4) is 0 Å². The van der Waals surface area contributed by atoms with E-state index >= 15 is 0 Å². The van der Waals surface area contributed by atoms with Gasteiger partial charge in [-0.05, 0) is 12.8 Å². The number of rotatable bonds is 12. The van der Waals surface area contributed by atoms with Crippen LogP contribution in [0.15, 0.2) is 12.7 Å². The molecule has 0 saturated heterocycles. The lowest BCUT2D eigenvalue weighted by atomic mass is 9.97. The fourth-order valence-corrected chi connectivity index (χ4v) is 2.27. The lowest BCUT2D eigenvalue weighted by molar-refractivity contribution is -0.155. The predicted molar refractivity (Wildman–Crippen MR) is 85.4 cm³/mol. The Morgan fingerprint density at radius 3 is 2.14 bits per heavy atom. The van der Waals surface area contributed by atoms with Crippen LogP contribution in [-0.2, 0) is 14.4 Å². The molecule has 0 fully saturated rings. The molecule has 4 heteroatoms. The van der Waals surface area contributed by atoms with Gasteiger partial charge in [-0.25, -0.2) is 4.79 Å². The average molecular weight is 297 g/mol. The van der Waals surface area contributed by atoms with Crippen molar-refractivity contribution in [3.63, 3.8) is 0 Å². The van der Waals surface area contributed by atoms with Crippen LogP contribution in [0, 0.1) is 5.92 Å². The Labute approximate surface area is 129 Å². The van der Waals surface area contributed by atoms with Gasteiger partial charge in [-0.15, -0.1) is 0 Å². The SMILES string of the molecule is C=CC(=O)ONC(=O)C(CC)CCCCCCCCCC. The number of hydrogen-bond acceptors (Lipinski definition) is 3. The Morgan fingerprint density at radius 2 is 1.62 bits per heavy atom. The van der Waals surface area contributed by atoms with E-state index in [1.807, 2.05) is 6.92 Å². The van der Waals surface area contributed by atoms with Crippen LogP contribution < -0.4 is 5.48 Å². The van der Waals surface area contributed by atoms with Gasteiger partial charge in [-0.3, -0.25) is 4.79 Å². The number of unbranched alkanes of at least 4 members (excludes halogenated alkanes) is 7. The van der Waals surface area contributed by atoms with Crippen LogP contribution in [0.25, 0.3) is 0 Å². The van der Waals surface area contributed by atoms with Crippen molar-refractivity contribution in [2.24, 2.45) is 5.92 Å². The van der Waals surface area contributed by atoms with Gasteiger partial charge >= 0.3 is 5.97 Å². The maximum Gasteiger partial charge on any atom is 0.355 e. The lowest BCUT2D eigenvalue weighted by Gasteiger charge is -2.13. The zero-order valence-electron chi connectivity index (χ0n) is 13.7. The van der Waals surface area contributed by atoms with Crippen molar-refractivity contribution >= 4 is 11.9 Å². The summed E-state index contributed by atoms with van der Waals surface area (Å²) in [5.41, 5.74) is 2.20. The highest BCUT2D eigenvalue weighted by molar-refractivity contribution is 5.84. The Kier molecular flexibility index (Phi) is 12.8. The molecular weight excluding hydrogens is 266 g/mol. The van der Waals surface area contributed by atoms with Crippen LogP contribution >= 0.6 is 0 Å². The molecule has 0 aliphatic rings. The normalized spacial score (nSPS) is 11.7. The number of carbonyl (C=O) groups is 2. The summed E-state index contributed by atoms with van der Waals surface area (Å²) < 4.78 is 0. The molecule has 0 spiro atoms. The third-order valence-electron chi connectivity index (χ3n) is 3.69.